The number of fused-ring (bicyclic) bond motifs is 1. The highest BCUT2D eigenvalue weighted by Gasteiger charge is 2.44. The van der Waals surface area contributed by atoms with Gasteiger partial charge in [0, 0.05) is 57.1 Å². The fraction of sp³-hybridized carbons (Fsp3) is 0.500. The summed E-state index contributed by atoms with van der Waals surface area (Å²) < 4.78 is 19.1. The predicted octanol–water partition coefficient (Wildman–Crippen LogP) is 3.60. The maximum absolute atomic E-state index is 13.1. The molecule has 5 heterocycles. The van der Waals surface area contributed by atoms with E-state index in [-0.39, 0.29) is 12.6 Å². The first-order chi connectivity index (χ1) is 20.1. The van der Waals surface area contributed by atoms with E-state index < -0.39 is 23.4 Å². The van der Waals surface area contributed by atoms with Gasteiger partial charge in [-0.1, -0.05) is 5.92 Å². The average molecular weight is 574 g/mol. The zero-order valence-electron chi connectivity index (χ0n) is 24.2. The monoisotopic (exact) mass is 573 g/mol. The zero-order valence-corrected chi connectivity index (χ0v) is 24.2. The van der Waals surface area contributed by atoms with E-state index in [1.807, 2.05) is 24.4 Å². The number of likely N-dealkylation sites (tertiary alicyclic amines) is 1. The molecule has 3 fully saturated rings. The smallest absolute Gasteiger partial charge is 0.411 e. The fourth-order valence-electron chi connectivity index (χ4n) is 5.10. The Morgan fingerprint density at radius 2 is 1.83 bits per heavy atom. The van der Waals surface area contributed by atoms with E-state index >= 15 is 0 Å². The third-order valence-corrected chi connectivity index (χ3v) is 7.51. The van der Waals surface area contributed by atoms with Gasteiger partial charge in [-0.3, -0.25) is 0 Å². The molecule has 220 valence electrons. The molecule has 3 aromatic rings. The molecule has 1 aliphatic carbocycles. The van der Waals surface area contributed by atoms with Crippen LogP contribution in [-0.2, 0) is 9.47 Å². The number of anilines is 1. The van der Waals surface area contributed by atoms with Crippen LogP contribution in [0.2, 0.25) is 0 Å². The van der Waals surface area contributed by atoms with Crippen molar-refractivity contribution in [3.63, 3.8) is 0 Å². The van der Waals surface area contributed by atoms with Crippen LogP contribution in [0.4, 0.5) is 15.4 Å². The number of ether oxygens (including phenoxy) is 3. The van der Waals surface area contributed by atoms with Gasteiger partial charge < -0.3 is 28.9 Å². The van der Waals surface area contributed by atoms with Crippen LogP contribution in [0.15, 0.2) is 36.8 Å². The molecule has 1 saturated carbocycles. The number of piperazine rings is 1. The Kier molecular flexibility index (Phi) is 7.04. The zero-order chi connectivity index (χ0) is 29.5. The van der Waals surface area contributed by atoms with Crippen LogP contribution in [0.3, 0.4) is 0 Å². The Balaban J connectivity index is 1.10. The lowest BCUT2D eigenvalue weighted by Gasteiger charge is -2.36. The van der Waals surface area contributed by atoms with Crippen molar-refractivity contribution in [1.82, 2.24) is 29.4 Å². The average Bonchev–Trinajstić information content (AvgIpc) is 3.53. The molecule has 2 aliphatic heterocycles. The molecule has 0 aromatic carbocycles. The van der Waals surface area contributed by atoms with Crippen molar-refractivity contribution in [3.8, 4) is 29.4 Å². The van der Waals surface area contributed by atoms with Crippen LogP contribution >= 0.6 is 0 Å². The predicted molar refractivity (Wildman–Crippen MR) is 154 cm³/mol. The summed E-state index contributed by atoms with van der Waals surface area (Å²) in [7, 11) is 0. The van der Waals surface area contributed by atoms with Crippen molar-refractivity contribution in [2.24, 2.45) is 0 Å². The molecule has 0 spiro atoms. The van der Waals surface area contributed by atoms with Crippen molar-refractivity contribution in [3.05, 3.63) is 36.8 Å². The normalized spacial score (nSPS) is 20.9. The summed E-state index contributed by atoms with van der Waals surface area (Å²) >= 11 is 0. The Labute approximate surface area is 244 Å². The highest BCUT2D eigenvalue weighted by molar-refractivity contribution is 5.80. The van der Waals surface area contributed by atoms with Crippen LogP contribution < -0.4 is 9.64 Å². The topological polar surface area (TPSA) is 115 Å². The SMILES string of the molecule is C#C[C@@]1(OC(=O)N2CCN(c3ccn4ncc(-c5cccnc5OC5CC5)c4n3)CC2)CCN(C(=O)OC(C)(C)C)C1. The largest absolute Gasteiger partial charge is 0.474 e. The van der Waals surface area contributed by atoms with Crippen LogP contribution in [0.1, 0.15) is 40.0 Å². The molecule has 2 amide bonds. The molecule has 0 unspecified atom stereocenters. The number of nitrogens with zero attached hydrogens (tertiary/aromatic N) is 7. The number of carbonyl (C=O) groups excluding carboxylic acids is 2. The summed E-state index contributed by atoms with van der Waals surface area (Å²) in [6, 6.07) is 5.77. The Morgan fingerprint density at radius 1 is 1.05 bits per heavy atom. The Morgan fingerprint density at radius 3 is 2.55 bits per heavy atom. The summed E-state index contributed by atoms with van der Waals surface area (Å²) in [5.41, 5.74) is 0.607. The summed E-state index contributed by atoms with van der Waals surface area (Å²) in [5, 5.41) is 4.48. The number of rotatable bonds is 5. The van der Waals surface area contributed by atoms with Gasteiger partial charge in [0.2, 0.25) is 5.88 Å². The molecule has 2 saturated heterocycles. The van der Waals surface area contributed by atoms with Crippen LogP contribution in [0.25, 0.3) is 16.8 Å². The second-order valence-corrected chi connectivity index (χ2v) is 11.9. The summed E-state index contributed by atoms with van der Waals surface area (Å²) in [6.07, 6.45) is 12.9. The van der Waals surface area contributed by atoms with Crippen LogP contribution in [-0.4, -0.2) is 98.1 Å². The maximum Gasteiger partial charge on any atom is 0.411 e. The van der Waals surface area contributed by atoms with Crippen molar-refractivity contribution < 1.29 is 23.8 Å². The van der Waals surface area contributed by atoms with Crippen molar-refractivity contribution in [1.29, 1.82) is 0 Å². The lowest BCUT2D eigenvalue weighted by Crippen LogP contribution is -2.51. The molecular formula is C30H35N7O5. The molecule has 0 radical (unpaired) electrons. The van der Waals surface area contributed by atoms with E-state index in [0.29, 0.717) is 50.7 Å². The maximum atomic E-state index is 13.1. The molecule has 3 aliphatic rings. The number of pyridine rings is 1. The van der Waals surface area contributed by atoms with Gasteiger partial charge in [-0.05, 0) is 51.8 Å². The number of aromatic nitrogens is 4. The molecule has 42 heavy (non-hydrogen) atoms. The standard InChI is InChI=1S/C30H35N7O5/c1-5-30(11-14-36(20-30)28(39)41-29(2,3)4)42-27(38)35-17-15-34(16-18-35)24-10-13-37-25(33-24)23(19-32-37)22-7-6-12-31-26(22)40-21-8-9-21/h1,6-7,10,12-13,19,21H,8-9,11,14-18,20H2,2-4H3/t30-/m1/s1. The highest BCUT2D eigenvalue weighted by Crippen LogP contribution is 2.35. The molecule has 12 nitrogen and oxygen atoms in total. The number of hydrogen-bond donors (Lipinski definition) is 0. The van der Waals surface area contributed by atoms with E-state index in [4.69, 9.17) is 25.6 Å². The minimum atomic E-state index is -1.18. The number of terminal acetylenes is 1. The van der Waals surface area contributed by atoms with E-state index in [2.05, 4.69) is 20.9 Å². The van der Waals surface area contributed by atoms with Gasteiger partial charge in [-0.25, -0.2) is 24.1 Å². The molecule has 1 atom stereocenters. The van der Waals surface area contributed by atoms with Gasteiger partial charge in [-0.15, -0.1) is 6.42 Å². The van der Waals surface area contributed by atoms with Gasteiger partial charge in [0.15, 0.2) is 11.2 Å². The van der Waals surface area contributed by atoms with Crippen molar-refractivity contribution in [2.75, 3.05) is 44.2 Å². The molecule has 0 bridgehead atoms. The Bertz CT molecular complexity index is 1530. The van der Waals surface area contributed by atoms with E-state index in [0.717, 1.165) is 29.8 Å². The van der Waals surface area contributed by atoms with E-state index in [9.17, 15) is 9.59 Å². The number of hydrogen-bond acceptors (Lipinski definition) is 9. The highest BCUT2D eigenvalue weighted by atomic mass is 16.6. The summed E-state index contributed by atoms with van der Waals surface area (Å²) in [5.74, 6) is 4.00. The number of amides is 2. The molecule has 0 N–H and O–H groups in total. The minimum absolute atomic E-state index is 0.103. The lowest BCUT2D eigenvalue weighted by molar-refractivity contribution is 0.0131. The van der Waals surface area contributed by atoms with Crippen LogP contribution in [0, 0.1) is 12.3 Å². The molecular weight excluding hydrogens is 538 g/mol. The summed E-state index contributed by atoms with van der Waals surface area (Å²) in [4.78, 5) is 40.3. The molecule has 6 rings (SSSR count). The molecule has 3 aromatic heterocycles. The third-order valence-electron chi connectivity index (χ3n) is 7.51. The second kappa shape index (κ2) is 10.7. The first-order valence-corrected chi connectivity index (χ1v) is 14.3. The second-order valence-electron chi connectivity index (χ2n) is 11.9. The van der Waals surface area contributed by atoms with E-state index in [1.54, 1.807) is 42.6 Å². The van der Waals surface area contributed by atoms with Gasteiger partial charge >= 0.3 is 12.2 Å². The Hall–Kier alpha value is -4.53. The lowest BCUT2D eigenvalue weighted by atomic mass is 10.1. The van der Waals surface area contributed by atoms with Gasteiger partial charge in [0.25, 0.3) is 0 Å². The van der Waals surface area contributed by atoms with Gasteiger partial charge in [0.1, 0.15) is 17.5 Å². The minimum Gasteiger partial charge on any atom is -0.474 e. The quantitative estimate of drug-likeness (QED) is 0.422. The fourth-order valence-corrected chi connectivity index (χ4v) is 5.10. The number of carbonyl (C=O) groups is 2. The van der Waals surface area contributed by atoms with E-state index in [1.165, 1.54) is 4.90 Å². The van der Waals surface area contributed by atoms with Gasteiger partial charge in [-0.2, -0.15) is 5.10 Å². The summed E-state index contributed by atoms with van der Waals surface area (Å²) in [6.45, 7) is 7.89. The first-order valence-electron chi connectivity index (χ1n) is 14.3. The molecule has 12 heteroatoms. The first kappa shape index (κ1) is 27.6. The van der Waals surface area contributed by atoms with Crippen LogP contribution in [0.5, 0.6) is 5.88 Å². The van der Waals surface area contributed by atoms with Gasteiger partial charge in [0.05, 0.1) is 18.3 Å². The van der Waals surface area contributed by atoms with Crippen molar-refractivity contribution >= 4 is 23.7 Å². The third kappa shape index (κ3) is 5.77. The van der Waals surface area contributed by atoms with Crippen molar-refractivity contribution in [2.45, 2.75) is 57.3 Å².